The Labute approximate surface area is 192 Å². The lowest BCUT2D eigenvalue weighted by Gasteiger charge is -2.33. The van der Waals surface area contributed by atoms with Crippen molar-refractivity contribution in [1.29, 1.82) is 0 Å². The molecule has 2 aromatic rings. The molecule has 0 aromatic heterocycles. The number of carbonyl (C=O) groups excluding carboxylic acids is 2. The summed E-state index contributed by atoms with van der Waals surface area (Å²) in [6.45, 7) is 4.52. The molecular formula is C22H25ClFN3O4S. The molecule has 1 aliphatic heterocycles. The second-order valence-electron chi connectivity index (χ2n) is 8.01. The third-order valence-corrected chi connectivity index (χ3v) is 6.87. The van der Waals surface area contributed by atoms with E-state index in [1.54, 1.807) is 4.90 Å². The number of hydrogen-bond donors (Lipinski definition) is 2. The highest BCUT2D eigenvalue weighted by Gasteiger charge is 2.27. The largest absolute Gasteiger partial charge is 0.351 e. The second kappa shape index (κ2) is 9.87. The Morgan fingerprint density at radius 3 is 2.50 bits per heavy atom. The Morgan fingerprint density at radius 1 is 1.16 bits per heavy atom. The normalized spacial score (nSPS) is 16.7. The van der Waals surface area contributed by atoms with Crippen LogP contribution in [0.2, 0.25) is 5.02 Å². The molecule has 7 nitrogen and oxygen atoms in total. The van der Waals surface area contributed by atoms with Crippen molar-refractivity contribution in [3.63, 3.8) is 0 Å². The average molecular weight is 482 g/mol. The van der Waals surface area contributed by atoms with Crippen molar-refractivity contribution in [2.75, 3.05) is 17.8 Å². The van der Waals surface area contributed by atoms with Crippen molar-refractivity contribution in [2.45, 2.75) is 37.6 Å². The molecule has 3 rings (SSSR count). The Hall–Kier alpha value is -2.65. The Morgan fingerprint density at radius 2 is 1.84 bits per heavy atom. The van der Waals surface area contributed by atoms with Crippen molar-refractivity contribution in [3.8, 4) is 0 Å². The summed E-state index contributed by atoms with van der Waals surface area (Å²) < 4.78 is 40.7. The number of sulfonamides is 1. The van der Waals surface area contributed by atoms with Crippen molar-refractivity contribution in [3.05, 3.63) is 58.9 Å². The molecule has 2 amide bonds. The number of piperidine rings is 1. The second-order valence-corrected chi connectivity index (χ2v) is 10.1. The summed E-state index contributed by atoms with van der Waals surface area (Å²) in [4.78, 5) is 26.5. The fourth-order valence-corrected chi connectivity index (χ4v) is 4.68. The van der Waals surface area contributed by atoms with Crippen LogP contribution in [0.4, 0.5) is 10.1 Å². The van der Waals surface area contributed by atoms with E-state index in [4.69, 9.17) is 11.6 Å². The third-order valence-electron chi connectivity index (χ3n) is 5.16. The van der Waals surface area contributed by atoms with Gasteiger partial charge in [-0.25, -0.2) is 12.8 Å². The van der Waals surface area contributed by atoms with E-state index in [9.17, 15) is 22.4 Å². The lowest BCUT2D eigenvalue weighted by Crippen LogP contribution is -2.50. The SMILES string of the molecule is CC(C)C(=O)NC1CCCN(C(=O)c2ccc(Cl)c(NS(=O)(=O)c3ccc(F)cc3)c2)C1. The first kappa shape index (κ1) is 24.0. The van der Waals surface area contributed by atoms with Gasteiger partial charge in [0, 0.05) is 30.6 Å². The van der Waals surface area contributed by atoms with Crippen LogP contribution < -0.4 is 10.0 Å². The van der Waals surface area contributed by atoms with Gasteiger partial charge in [-0.1, -0.05) is 25.4 Å². The Bertz CT molecular complexity index is 1110. The van der Waals surface area contributed by atoms with Gasteiger partial charge in [-0.3, -0.25) is 14.3 Å². The van der Waals surface area contributed by atoms with Crippen molar-refractivity contribution >= 4 is 39.1 Å². The molecule has 0 saturated carbocycles. The molecule has 2 N–H and O–H groups in total. The summed E-state index contributed by atoms with van der Waals surface area (Å²) in [7, 11) is -4.02. The van der Waals surface area contributed by atoms with E-state index in [0.717, 1.165) is 37.1 Å². The molecule has 2 aromatic carbocycles. The summed E-state index contributed by atoms with van der Waals surface area (Å²) in [5.41, 5.74) is 0.311. The molecule has 0 spiro atoms. The first-order chi connectivity index (χ1) is 15.1. The van der Waals surface area contributed by atoms with E-state index in [2.05, 4.69) is 10.0 Å². The quantitative estimate of drug-likeness (QED) is 0.658. The standard InChI is InChI=1S/C22H25ClFN3O4S/c1-14(2)21(28)25-17-4-3-11-27(13-17)22(29)15-5-10-19(23)20(12-15)26-32(30,31)18-8-6-16(24)7-9-18/h5-10,12,14,17,26H,3-4,11,13H2,1-2H3,(H,25,28). The molecule has 0 bridgehead atoms. The van der Waals surface area contributed by atoms with Gasteiger partial charge in [0.15, 0.2) is 0 Å². The molecule has 1 heterocycles. The van der Waals surface area contributed by atoms with E-state index in [1.165, 1.54) is 18.2 Å². The molecule has 1 atom stereocenters. The number of benzene rings is 2. The average Bonchev–Trinajstić information content (AvgIpc) is 2.75. The summed E-state index contributed by atoms with van der Waals surface area (Å²) in [6, 6.07) is 8.58. The zero-order valence-corrected chi connectivity index (χ0v) is 19.3. The van der Waals surface area contributed by atoms with Gasteiger partial charge in [-0.2, -0.15) is 0 Å². The van der Waals surface area contributed by atoms with Crippen LogP contribution in [0.1, 0.15) is 37.0 Å². The third kappa shape index (κ3) is 5.77. The Balaban J connectivity index is 1.76. The first-order valence-electron chi connectivity index (χ1n) is 10.2. The number of nitrogens with zero attached hydrogens (tertiary/aromatic N) is 1. The predicted molar refractivity (Wildman–Crippen MR) is 121 cm³/mol. The number of likely N-dealkylation sites (tertiary alicyclic amines) is 1. The number of nitrogens with one attached hydrogen (secondary N) is 2. The maximum absolute atomic E-state index is 13.1. The smallest absolute Gasteiger partial charge is 0.261 e. The van der Waals surface area contributed by atoms with Crippen molar-refractivity contribution in [1.82, 2.24) is 10.2 Å². The topological polar surface area (TPSA) is 95.6 Å². The summed E-state index contributed by atoms with van der Waals surface area (Å²) >= 11 is 6.16. The number of rotatable bonds is 6. The van der Waals surface area contributed by atoms with Gasteiger partial charge in [0.2, 0.25) is 5.91 Å². The van der Waals surface area contributed by atoms with Gasteiger partial charge in [0.05, 0.1) is 15.6 Å². The highest BCUT2D eigenvalue weighted by molar-refractivity contribution is 7.92. The van der Waals surface area contributed by atoms with Gasteiger partial charge in [-0.05, 0) is 55.3 Å². The zero-order valence-electron chi connectivity index (χ0n) is 17.8. The van der Waals surface area contributed by atoms with Crippen molar-refractivity contribution in [2.24, 2.45) is 5.92 Å². The molecule has 172 valence electrons. The zero-order chi connectivity index (χ0) is 23.5. The van der Waals surface area contributed by atoms with Crippen LogP contribution in [-0.4, -0.2) is 44.3 Å². The van der Waals surface area contributed by atoms with E-state index < -0.39 is 15.8 Å². The molecular weight excluding hydrogens is 457 g/mol. The highest BCUT2D eigenvalue weighted by Crippen LogP contribution is 2.27. The number of carbonyl (C=O) groups is 2. The summed E-state index contributed by atoms with van der Waals surface area (Å²) in [5, 5.41) is 3.07. The number of hydrogen-bond acceptors (Lipinski definition) is 4. The molecule has 1 aliphatic rings. The molecule has 32 heavy (non-hydrogen) atoms. The van der Waals surface area contributed by atoms with E-state index in [-0.39, 0.29) is 44.9 Å². The van der Waals surface area contributed by atoms with E-state index in [0.29, 0.717) is 13.1 Å². The fourth-order valence-electron chi connectivity index (χ4n) is 3.38. The molecule has 0 aliphatic carbocycles. The minimum absolute atomic E-state index is 0.0449. The maximum Gasteiger partial charge on any atom is 0.261 e. The lowest BCUT2D eigenvalue weighted by atomic mass is 10.0. The van der Waals surface area contributed by atoms with Gasteiger partial charge in [0.1, 0.15) is 5.82 Å². The fraction of sp³-hybridized carbons (Fsp3) is 0.364. The Kier molecular flexibility index (Phi) is 7.40. The lowest BCUT2D eigenvalue weighted by molar-refractivity contribution is -0.125. The van der Waals surface area contributed by atoms with Crippen LogP contribution in [0.15, 0.2) is 47.4 Å². The minimum atomic E-state index is -4.02. The molecule has 1 fully saturated rings. The van der Waals surface area contributed by atoms with Crippen LogP contribution in [0.5, 0.6) is 0 Å². The first-order valence-corrected chi connectivity index (χ1v) is 12.1. The number of halogens is 2. The monoisotopic (exact) mass is 481 g/mol. The number of amides is 2. The predicted octanol–water partition coefficient (Wildman–Crippen LogP) is 3.66. The van der Waals surface area contributed by atoms with Gasteiger partial charge >= 0.3 is 0 Å². The van der Waals surface area contributed by atoms with Crippen LogP contribution in [0.3, 0.4) is 0 Å². The maximum atomic E-state index is 13.1. The van der Waals surface area contributed by atoms with Crippen LogP contribution in [-0.2, 0) is 14.8 Å². The number of anilines is 1. The van der Waals surface area contributed by atoms with Gasteiger partial charge in [0.25, 0.3) is 15.9 Å². The molecule has 1 unspecified atom stereocenters. The van der Waals surface area contributed by atoms with E-state index in [1.807, 2.05) is 13.8 Å². The highest BCUT2D eigenvalue weighted by atomic mass is 35.5. The minimum Gasteiger partial charge on any atom is -0.351 e. The van der Waals surface area contributed by atoms with Crippen LogP contribution in [0.25, 0.3) is 0 Å². The summed E-state index contributed by atoms with van der Waals surface area (Å²) in [6.07, 6.45) is 1.53. The van der Waals surface area contributed by atoms with Crippen LogP contribution in [0, 0.1) is 11.7 Å². The van der Waals surface area contributed by atoms with E-state index >= 15 is 0 Å². The molecule has 10 heteroatoms. The van der Waals surface area contributed by atoms with Crippen molar-refractivity contribution < 1.29 is 22.4 Å². The van der Waals surface area contributed by atoms with Crippen LogP contribution >= 0.6 is 11.6 Å². The summed E-state index contributed by atoms with van der Waals surface area (Å²) in [5.74, 6) is -1.05. The van der Waals surface area contributed by atoms with Gasteiger partial charge in [-0.15, -0.1) is 0 Å². The van der Waals surface area contributed by atoms with Gasteiger partial charge < -0.3 is 10.2 Å². The molecule has 0 radical (unpaired) electrons. The molecule has 1 saturated heterocycles.